The number of aliphatic hydroxyl groups excluding tert-OH is 2. The monoisotopic (exact) mass is 255 g/mol. The molecule has 1 aliphatic rings. The molecule has 0 atom stereocenters. The summed E-state index contributed by atoms with van der Waals surface area (Å²) >= 11 is 5.98. The molecule has 0 radical (unpaired) electrons. The van der Waals surface area contributed by atoms with E-state index in [0.717, 1.165) is 30.6 Å². The van der Waals surface area contributed by atoms with Crippen LogP contribution in [0.4, 0.5) is 5.69 Å². The summed E-state index contributed by atoms with van der Waals surface area (Å²) in [5.74, 6) is 0.542. The van der Waals surface area contributed by atoms with Gasteiger partial charge in [-0.3, -0.25) is 0 Å². The molecule has 0 unspecified atom stereocenters. The molecule has 0 aromatic heterocycles. The molecule has 2 rings (SSSR count). The van der Waals surface area contributed by atoms with E-state index < -0.39 is 0 Å². The van der Waals surface area contributed by atoms with Crippen molar-refractivity contribution in [2.24, 2.45) is 5.92 Å². The van der Waals surface area contributed by atoms with Crippen LogP contribution in [-0.4, -0.2) is 29.9 Å². The van der Waals surface area contributed by atoms with Gasteiger partial charge in [-0.1, -0.05) is 17.7 Å². The van der Waals surface area contributed by atoms with Gasteiger partial charge in [-0.2, -0.15) is 0 Å². The number of hydrogen-bond donors (Lipinski definition) is 2. The van der Waals surface area contributed by atoms with E-state index in [9.17, 15) is 10.2 Å². The highest BCUT2D eigenvalue weighted by Gasteiger charge is 2.28. The molecule has 1 aromatic carbocycles. The fourth-order valence-electron chi connectivity index (χ4n) is 2.36. The Morgan fingerprint density at radius 1 is 1.41 bits per heavy atom. The number of aliphatic hydroxyl groups is 2. The quantitative estimate of drug-likeness (QED) is 0.865. The number of rotatable bonds is 4. The number of halogens is 1. The first-order chi connectivity index (χ1) is 8.10. The van der Waals surface area contributed by atoms with Crippen LogP contribution in [-0.2, 0) is 6.61 Å². The third-order valence-electron chi connectivity index (χ3n) is 3.37. The molecule has 0 amide bonds. The van der Waals surface area contributed by atoms with E-state index in [1.165, 1.54) is 0 Å². The Morgan fingerprint density at radius 3 is 2.71 bits per heavy atom. The van der Waals surface area contributed by atoms with Gasteiger partial charge in [0.05, 0.1) is 12.7 Å². The SMILES string of the molecule is CN(CC1CC(O)C1)c1cc(Cl)ccc1CO. The first-order valence-corrected chi connectivity index (χ1v) is 6.26. The van der Waals surface area contributed by atoms with Gasteiger partial charge in [0.2, 0.25) is 0 Å². The van der Waals surface area contributed by atoms with Crippen LogP contribution in [0, 0.1) is 5.92 Å². The second-order valence-corrected chi connectivity index (χ2v) is 5.24. The van der Waals surface area contributed by atoms with E-state index in [1.807, 2.05) is 19.2 Å². The van der Waals surface area contributed by atoms with Gasteiger partial charge in [-0.25, -0.2) is 0 Å². The van der Waals surface area contributed by atoms with Crippen molar-refractivity contribution in [2.45, 2.75) is 25.6 Å². The van der Waals surface area contributed by atoms with Crippen LogP contribution < -0.4 is 4.90 Å². The van der Waals surface area contributed by atoms with Crippen LogP contribution in [0.25, 0.3) is 0 Å². The molecule has 2 N–H and O–H groups in total. The number of hydrogen-bond acceptors (Lipinski definition) is 3. The molecule has 1 saturated carbocycles. The average Bonchev–Trinajstić information content (AvgIpc) is 2.27. The van der Waals surface area contributed by atoms with Crippen LogP contribution in [0.5, 0.6) is 0 Å². The topological polar surface area (TPSA) is 43.7 Å². The smallest absolute Gasteiger partial charge is 0.0702 e. The fraction of sp³-hybridized carbons (Fsp3) is 0.538. The van der Waals surface area contributed by atoms with E-state index in [1.54, 1.807) is 6.07 Å². The Balaban J connectivity index is 2.06. The summed E-state index contributed by atoms with van der Waals surface area (Å²) in [5.41, 5.74) is 1.86. The zero-order valence-electron chi connectivity index (χ0n) is 9.93. The number of benzene rings is 1. The summed E-state index contributed by atoms with van der Waals surface area (Å²) < 4.78 is 0. The third-order valence-corrected chi connectivity index (χ3v) is 3.61. The minimum atomic E-state index is -0.120. The molecular weight excluding hydrogens is 238 g/mol. The van der Waals surface area contributed by atoms with Crippen molar-refractivity contribution in [3.05, 3.63) is 28.8 Å². The Morgan fingerprint density at radius 2 is 2.12 bits per heavy atom. The molecule has 0 spiro atoms. The average molecular weight is 256 g/mol. The van der Waals surface area contributed by atoms with Crippen molar-refractivity contribution in [3.63, 3.8) is 0 Å². The predicted molar refractivity (Wildman–Crippen MR) is 69.4 cm³/mol. The zero-order valence-corrected chi connectivity index (χ0v) is 10.7. The number of anilines is 1. The standard InChI is InChI=1S/C13H18ClNO2/c1-15(7-9-4-12(17)5-9)13-6-11(14)3-2-10(13)8-16/h2-3,6,9,12,16-17H,4-5,7-8H2,1H3. The summed E-state index contributed by atoms with van der Waals surface area (Å²) in [5, 5.41) is 19.2. The second kappa shape index (κ2) is 5.25. The lowest BCUT2D eigenvalue weighted by Crippen LogP contribution is -2.37. The minimum Gasteiger partial charge on any atom is -0.393 e. The van der Waals surface area contributed by atoms with Gasteiger partial charge >= 0.3 is 0 Å². The largest absolute Gasteiger partial charge is 0.393 e. The van der Waals surface area contributed by atoms with Crippen molar-refractivity contribution >= 4 is 17.3 Å². The van der Waals surface area contributed by atoms with Gasteiger partial charge in [0.1, 0.15) is 0 Å². The molecule has 3 nitrogen and oxygen atoms in total. The third kappa shape index (κ3) is 2.92. The lowest BCUT2D eigenvalue weighted by molar-refractivity contribution is 0.0464. The van der Waals surface area contributed by atoms with Crippen LogP contribution in [0.2, 0.25) is 5.02 Å². The van der Waals surface area contributed by atoms with E-state index >= 15 is 0 Å². The fourth-order valence-corrected chi connectivity index (χ4v) is 2.53. The lowest BCUT2D eigenvalue weighted by Gasteiger charge is -2.35. The van der Waals surface area contributed by atoms with Crippen molar-refractivity contribution in [1.29, 1.82) is 0 Å². The summed E-state index contributed by atoms with van der Waals surface area (Å²) in [6.07, 6.45) is 1.63. The Bertz CT molecular complexity index is 391. The van der Waals surface area contributed by atoms with Crippen molar-refractivity contribution in [1.82, 2.24) is 0 Å². The zero-order chi connectivity index (χ0) is 12.4. The van der Waals surface area contributed by atoms with Crippen molar-refractivity contribution in [2.75, 3.05) is 18.5 Å². The molecule has 1 fully saturated rings. The van der Waals surface area contributed by atoms with Crippen LogP contribution in [0.1, 0.15) is 18.4 Å². The van der Waals surface area contributed by atoms with E-state index in [4.69, 9.17) is 11.6 Å². The highest BCUT2D eigenvalue weighted by atomic mass is 35.5. The van der Waals surface area contributed by atoms with Crippen LogP contribution in [0.15, 0.2) is 18.2 Å². The highest BCUT2D eigenvalue weighted by molar-refractivity contribution is 6.30. The molecule has 4 heteroatoms. The molecule has 0 heterocycles. The van der Waals surface area contributed by atoms with Gasteiger partial charge in [-0.05, 0) is 30.9 Å². The molecule has 1 aromatic rings. The van der Waals surface area contributed by atoms with Gasteiger partial charge in [-0.15, -0.1) is 0 Å². The molecule has 0 aliphatic heterocycles. The first-order valence-electron chi connectivity index (χ1n) is 5.88. The van der Waals surface area contributed by atoms with Gasteiger partial charge in [0, 0.05) is 29.9 Å². The van der Waals surface area contributed by atoms with Gasteiger partial charge < -0.3 is 15.1 Å². The first kappa shape index (κ1) is 12.7. The minimum absolute atomic E-state index is 0.0180. The summed E-state index contributed by atoms with van der Waals surface area (Å²) in [6, 6.07) is 5.52. The Hall–Kier alpha value is -0.770. The normalized spacial score (nSPS) is 23.3. The van der Waals surface area contributed by atoms with Gasteiger partial charge in [0.15, 0.2) is 0 Å². The Kier molecular flexibility index (Phi) is 3.92. The van der Waals surface area contributed by atoms with Crippen molar-refractivity contribution in [3.8, 4) is 0 Å². The molecule has 94 valence electrons. The predicted octanol–water partition coefficient (Wildman–Crippen LogP) is 2.04. The summed E-state index contributed by atoms with van der Waals surface area (Å²) in [4.78, 5) is 2.11. The van der Waals surface area contributed by atoms with E-state index in [2.05, 4.69) is 4.90 Å². The van der Waals surface area contributed by atoms with E-state index in [-0.39, 0.29) is 12.7 Å². The highest BCUT2D eigenvalue weighted by Crippen LogP contribution is 2.31. The molecular formula is C13H18ClNO2. The van der Waals surface area contributed by atoms with Crippen molar-refractivity contribution < 1.29 is 10.2 Å². The molecule has 0 bridgehead atoms. The maximum atomic E-state index is 9.30. The molecule has 0 saturated heterocycles. The Labute approximate surface area is 107 Å². The summed E-state index contributed by atoms with van der Waals surface area (Å²) in [6.45, 7) is 0.911. The summed E-state index contributed by atoms with van der Waals surface area (Å²) in [7, 11) is 2.00. The maximum absolute atomic E-state index is 9.30. The second-order valence-electron chi connectivity index (χ2n) is 4.80. The molecule has 17 heavy (non-hydrogen) atoms. The van der Waals surface area contributed by atoms with Crippen LogP contribution in [0.3, 0.4) is 0 Å². The van der Waals surface area contributed by atoms with E-state index in [0.29, 0.717) is 10.9 Å². The lowest BCUT2D eigenvalue weighted by atomic mass is 9.82. The number of nitrogens with zero attached hydrogens (tertiary/aromatic N) is 1. The van der Waals surface area contributed by atoms with Gasteiger partial charge in [0.25, 0.3) is 0 Å². The molecule has 1 aliphatic carbocycles. The van der Waals surface area contributed by atoms with Crippen LogP contribution >= 0.6 is 11.6 Å². The maximum Gasteiger partial charge on any atom is 0.0702 e.